The Labute approximate surface area is 202 Å². The minimum absolute atomic E-state index is 0.0236. The molecule has 2 aromatic rings. The van der Waals surface area contributed by atoms with E-state index in [0.29, 0.717) is 42.5 Å². The fraction of sp³-hybridized carbons (Fsp3) is 0.280. The molecule has 1 heterocycles. The molecule has 1 amide bonds. The highest BCUT2D eigenvalue weighted by atomic mass is 79.9. The number of rotatable bonds is 9. The fourth-order valence-corrected chi connectivity index (χ4v) is 4.69. The number of likely N-dealkylation sites (N-methyl/N-ethyl adjacent to an activating group) is 1. The Morgan fingerprint density at radius 2 is 1.97 bits per heavy atom. The molecule has 1 aliphatic heterocycles. The van der Waals surface area contributed by atoms with E-state index in [1.165, 1.54) is 11.8 Å². The molecular formula is C25H27BrN2O3S. The zero-order valence-electron chi connectivity index (χ0n) is 18.6. The average molecular weight is 515 g/mol. The standard InChI is InChI=1S/C25H27BrN2O3S/c1-5-8-19-13-18(15-22-24(29)28(7-3)25(32-22)27-6-2)14-21(30-4)23(19)31-16-17-9-11-20(26)12-10-17/h5,9-15H,1,6-8,16H2,2-4H3/b22-15+,27-25?. The van der Waals surface area contributed by atoms with E-state index in [0.717, 1.165) is 26.3 Å². The van der Waals surface area contributed by atoms with Gasteiger partial charge >= 0.3 is 0 Å². The number of hydrogen-bond donors (Lipinski definition) is 0. The summed E-state index contributed by atoms with van der Waals surface area (Å²) in [6, 6.07) is 11.9. The zero-order valence-corrected chi connectivity index (χ0v) is 21.0. The number of methoxy groups -OCH3 is 1. The van der Waals surface area contributed by atoms with Gasteiger partial charge in [0, 0.05) is 23.1 Å². The second kappa shape index (κ2) is 11.4. The number of carbonyl (C=O) groups excluding carboxylic acids is 1. The third-order valence-corrected chi connectivity index (χ3v) is 6.40. The van der Waals surface area contributed by atoms with E-state index >= 15 is 0 Å². The van der Waals surface area contributed by atoms with Crippen molar-refractivity contribution in [1.29, 1.82) is 0 Å². The van der Waals surface area contributed by atoms with Gasteiger partial charge in [0.05, 0.1) is 12.0 Å². The minimum atomic E-state index is -0.0236. The molecule has 1 fully saturated rings. The van der Waals surface area contributed by atoms with Gasteiger partial charge in [0.25, 0.3) is 5.91 Å². The molecule has 3 rings (SSSR count). The molecule has 5 nitrogen and oxygen atoms in total. The Kier molecular flexibility index (Phi) is 8.59. The van der Waals surface area contributed by atoms with E-state index in [1.54, 1.807) is 12.0 Å². The SMILES string of the molecule is C=CCc1cc(/C=C2/SC(=NCC)N(CC)C2=O)cc(OC)c1OCc1ccc(Br)cc1. The van der Waals surface area contributed by atoms with Crippen LogP contribution in [0.1, 0.15) is 30.5 Å². The second-order valence-corrected chi connectivity index (χ2v) is 8.96. The lowest BCUT2D eigenvalue weighted by molar-refractivity contribution is -0.122. The molecule has 0 aromatic heterocycles. The van der Waals surface area contributed by atoms with Crippen LogP contribution in [0.4, 0.5) is 0 Å². The van der Waals surface area contributed by atoms with Gasteiger partial charge in [0.1, 0.15) is 6.61 Å². The molecule has 168 valence electrons. The molecule has 32 heavy (non-hydrogen) atoms. The molecule has 0 saturated carbocycles. The largest absolute Gasteiger partial charge is 0.493 e. The van der Waals surface area contributed by atoms with Gasteiger partial charge in [-0.3, -0.25) is 14.7 Å². The molecule has 0 radical (unpaired) electrons. The normalized spacial score (nSPS) is 16.1. The van der Waals surface area contributed by atoms with E-state index in [9.17, 15) is 4.79 Å². The maximum atomic E-state index is 12.8. The van der Waals surface area contributed by atoms with Crippen molar-refractivity contribution < 1.29 is 14.3 Å². The predicted molar refractivity (Wildman–Crippen MR) is 136 cm³/mol. The van der Waals surface area contributed by atoms with Gasteiger partial charge in [-0.05, 0) is 73.5 Å². The van der Waals surface area contributed by atoms with E-state index in [1.807, 2.05) is 62.4 Å². The van der Waals surface area contributed by atoms with Crippen molar-refractivity contribution in [3.63, 3.8) is 0 Å². The minimum Gasteiger partial charge on any atom is -0.493 e. The number of thioether (sulfide) groups is 1. The molecule has 0 N–H and O–H groups in total. The van der Waals surface area contributed by atoms with E-state index in [2.05, 4.69) is 27.5 Å². The first-order chi connectivity index (χ1) is 15.5. The van der Waals surface area contributed by atoms with Gasteiger partial charge < -0.3 is 9.47 Å². The third kappa shape index (κ3) is 5.64. The Balaban J connectivity index is 1.93. The van der Waals surface area contributed by atoms with Crippen molar-refractivity contribution in [2.75, 3.05) is 20.2 Å². The van der Waals surface area contributed by atoms with Crippen LogP contribution < -0.4 is 9.47 Å². The first-order valence-corrected chi connectivity index (χ1v) is 12.1. The van der Waals surface area contributed by atoms with Crippen LogP contribution in [0.5, 0.6) is 11.5 Å². The lowest BCUT2D eigenvalue weighted by atomic mass is 10.0. The van der Waals surface area contributed by atoms with Crippen LogP contribution in [0, 0.1) is 0 Å². The molecule has 0 aliphatic carbocycles. The van der Waals surface area contributed by atoms with Gasteiger partial charge in [-0.2, -0.15) is 0 Å². The summed E-state index contributed by atoms with van der Waals surface area (Å²) >= 11 is 4.86. The first kappa shape index (κ1) is 24.1. The molecule has 0 spiro atoms. The van der Waals surface area contributed by atoms with Crippen molar-refractivity contribution in [2.24, 2.45) is 4.99 Å². The van der Waals surface area contributed by atoms with Crippen LogP contribution in [0.3, 0.4) is 0 Å². The second-order valence-electron chi connectivity index (χ2n) is 7.04. The van der Waals surface area contributed by atoms with Crippen molar-refractivity contribution in [3.8, 4) is 11.5 Å². The maximum absolute atomic E-state index is 12.8. The lowest BCUT2D eigenvalue weighted by Gasteiger charge is -2.16. The van der Waals surface area contributed by atoms with E-state index in [4.69, 9.17) is 9.47 Å². The summed E-state index contributed by atoms with van der Waals surface area (Å²) in [6.07, 6.45) is 4.34. The summed E-state index contributed by atoms with van der Waals surface area (Å²) in [5.74, 6) is 1.29. The number of hydrogen-bond acceptors (Lipinski definition) is 5. The smallest absolute Gasteiger partial charge is 0.266 e. The molecule has 0 bridgehead atoms. The quantitative estimate of drug-likeness (QED) is 0.300. The molecule has 0 atom stereocenters. The molecule has 1 aliphatic rings. The third-order valence-electron chi connectivity index (χ3n) is 4.83. The summed E-state index contributed by atoms with van der Waals surface area (Å²) in [6.45, 7) is 9.45. The number of benzene rings is 2. The van der Waals surface area contributed by atoms with Crippen molar-refractivity contribution in [1.82, 2.24) is 4.90 Å². The van der Waals surface area contributed by atoms with Crippen LogP contribution in [0.25, 0.3) is 6.08 Å². The average Bonchev–Trinajstić information content (AvgIpc) is 3.08. The number of aliphatic imine (C=N–C) groups is 1. The van der Waals surface area contributed by atoms with Crippen LogP contribution in [0.15, 0.2) is 63.4 Å². The van der Waals surface area contributed by atoms with Gasteiger partial charge in [0.2, 0.25) is 0 Å². The van der Waals surface area contributed by atoms with E-state index < -0.39 is 0 Å². The monoisotopic (exact) mass is 514 g/mol. The van der Waals surface area contributed by atoms with Gasteiger partial charge in [-0.25, -0.2) is 0 Å². The van der Waals surface area contributed by atoms with Crippen LogP contribution in [0.2, 0.25) is 0 Å². The number of nitrogens with zero attached hydrogens (tertiary/aromatic N) is 2. The molecule has 2 aromatic carbocycles. The first-order valence-electron chi connectivity index (χ1n) is 10.5. The number of amides is 1. The van der Waals surface area contributed by atoms with Gasteiger partial charge in [-0.1, -0.05) is 34.1 Å². The summed E-state index contributed by atoms with van der Waals surface area (Å²) < 4.78 is 12.8. The van der Waals surface area contributed by atoms with Crippen LogP contribution in [-0.2, 0) is 17.8 Å². The summed E-state index contributed by atoms with van der Waals surface area (Å²) in [4.78, 5) is 19.6. The highest BCUT2D eigenvalue weighted by Gasteiger charge is 2.32. The van der Waals surface area contributed by atoms with Crippen LogP contribution in [-0.4, -0.2) is 36.2 Å². The van der Waals surface area contributed by atoms with Gasteiger partial charge in [0.15, 0.2) is 16.7 Å². The summed E-state index contributed by atoms with van der Waals surface area (Å²) in [7, 11) is 1.62. The zero-order chi connectivity index (χ0) is 23.1. The van der Waals surface area contributed by atoms with E-state index in [-0.39, 0.29) is 5.91 Å². The number of carbonyl (C=O) groups is 1. The summed E-state index contributed by atoms with van der Waals surface area (Å²) in [5, 5.41) is 0.749. The Morgan fingerprint density at radius 3 is 2.59 bits per heavy atom. The molecular weight excluding hydrogens is 488 g/mol. The number of amidine groups is 1. The molecule has 0 unspecified atom stereocenters. The number of halogens is 1. The van der Waals surface area contributed by atoms with Crippen LogP contribution >= 0.6 is 27.7 Å². The maximum Gasteiger partial charge on any atom is 0.266 e. The highest BCUT2D eigenvalue weighted by Crippen LogP contribution is 2.37. The Hall–Kier alpha value is -2.51. The fourth-order valence-electron chi connectivity index (χ4n) is 3.32. The molecule has 1 saturated heterocycles. The highest BCUT2D eigenvalue weighted by molar-refractivity contribution is 9.10. The van der Waals surface area contributed by atoms with Crippen molar-refractivity contribution >= 4 is 44.8 Å². The van der Waals surface area contributed by atoms with Crippen molar-refractivity contribution in [2.45, 2.75) is 26.9 Å². The lowest BCUT2D eigenvalue weighted by Crippen LogP contribution is -2.28. The molecule has 7 heteroatoms. The van der Waals surface area contributed by atoms with Crippen molar-refractivity contribution in [3.05, 3.63) is 75.1 Å². The Morgan fingerprint density at radius 1 is 1.22 bits per heavy atom. The van der Waals surface area contributed by atoms with Gasteiger partial charge in [-0.15, -0.1) is 6.58 Å². The predicted octanol–water partition coefficient (Wildman–Crippen LogP) is 6.08. The number of ether oxygens (including phenoxy) is 2. The Bertz CT molecular complexity index is 1050. The number of allylic oxidation sites excluding steroid dienone is 1. The summed E-state index contributed by atoms with van der Waals surface area (Å²) in [5.41, 5.74) is 2.88. The topological polar surface area (TPSA) is 51.1 Å².